The second-order valence-corrected chi connectivity index (χ2v) is 6.83. The summed E-state index contributed by atoms with van der Waals surface area (Å²) in [6.45, 7) is 7.62. The normalized spacial score (nSPS) is 17.1. The van der Waals surface area contributed by atoms with Gasteiger partial charge in [0.15, 0.2) is 0 Å². The lowest BCUT2D eigenvalue weighted by Crippen LogP contribution is -2.52. The van der Waals surface area contributed by atoms with Crippen molar-refractivity contribution in [2.24, 2.45) is 5.73 Å². The predicted octanol–water partition coefficient (Wildman–Crippen LogP) is 3.27. The van der Waals surface area contributed by atoms with Crippen LogP contribution in [0, 0.1) is 0 Å². The van der Waals surface area contributed by atoms with Gasteiger partial charge >= 0.3 is 0 Å². The molecule has 1 aliphatic heterocycles. The van der Waals surface area contributed by atoms with Crippen molar-refractivity contribution in [2.75, 3.05) is 31.1 Å². The van der Waals surface area contributed by atoms with Gasteiger partial charge < -0.3 is 20.3 Å². The third-order valence-corrected chi connectivity index (χ3v) is 5.24. The quantitative estimate of drug-likeness (QED) is 0.763. The highest BCUT2D eigenvalue weighted by atomic mass is 16.5. The topological polar surface area (TPSA) is 58.8 Å². The third-order valence-electron chi connectivity index (χ3n) is 5.24. The van der Waals surface area contributed by atoms with Gasteiger partial charge in [-0.3, -0.25) is 4.79 Å². The van der Waals surface area contributed by atoms with Crippen LogP contribution in [0.2, 0.25) is 0 Å². The molecule has 1 amide bonds. The molecule has 1 unspecified atom stereocenters. The van der Waals surface area contributed by atoms with Crippen LogP contribution in [0.25, 0.3) is 11.1 Å². The molecule has 1 saturated heterocycles. The molecule has 1 heterocycles. The van der Waals surface area contributed by atoms with Crippen molar-refractivity contribution in [3.8, 4) is 16.9 Å². The molecule has 0 saturated carbocycles. The van der Waals surface area contributed by atoms with Crippen LogP contribution in [-0.2, 0) is 11.3 Å². The van der Waals surface area contributed by atoms with Crippen LogP contribution in [0.3, 0.4) is 0 Å². The average molecular weight is 367 g/mol. The number of hydrogen-bond acceptors (Lipinski definition) is 4. The highest BCUT2D eigenvalue weighted by Gasteiger charge is 2.26. The number of nitrogens with zero attached hydrogens (tertiary/aromatic N) is 2. The predicted molar refractivity (Wildman–Crippen MR) is 110 cm³/mol. The maximum atomic E-state index is 11.1. The molecule has 5 heteroatoms. The largest absolute Gasteiger partial charge is 0.493 e. The van der Waals surface area contributed by atoms with E-state index >= 15 is 0 Å². The second-order valence-electron chi connectivity index (χ2n) is 6.83. The Hall–Kier alpha value is -2.53. The fraction of sp³-hybridized carbons (Fsp3) is 0.409. The number of benzene rings is 2. The molecule has 2 aromatic carbocycles. The number of rotatable bonds is 7. The Morgan fingerprint density at radius 1 is 1.19 bits per heavy atom. The Morgan fingerprint density at radius 3 is 2.70 bits per heavy atom. The standard InChI is InChI=1S/C22H29N3O2/c1-3-19-15-24(16-26)11-12-25(19)21-10-9-17(13-18(21)14-23)20-7-5-6-8-22(20)27-4-2/h5-10,13,16,19H,3-4,11-12,14-15,23H2,1-2H3. The van der Waals surface area contributed by atoms with E-state index in [0.717, 1.165) is 54.9 Å². The van der Waals surface area contributed by atoms with Crippen LogP contribution in [0.15, 0.2) is 42.5 Å². The molecular formula is C22H29N3O2. The Kier molecular flexibility index (Phi) is 6.35. The van der Waals surface area contributed by atoms with Crippen LogP contribution in [0.5, 0.6) is 5.75 Å². The van der Waals surface area contributed by atoms with Gasteiger partial charge in [0.05, 0.1) is 6.61 Å². The van der Waals surface area contributed by atoms with E-state index in [9.17, 15) is 4.79 Å². The molecule has 0 bridgehead atoms. The van der Waals surface area contributed by atoms with Crippen molar-refractivity contribution in [2.45, 2.75) is 32.9 Å². The molecule has 144 valence electrons. The van der Waals surface area contributed by atoms with Crippen molar-refractivity contribution >= 4 is 12.1 Å². The van der Waals surface area contributed by atoms with Crippen molar-refractivity contribution in [1.82, 2.24) is 4.90 Å². The summed E-state index contributed by atoms with van der Waals surface area (Å²) in [5, 5.41) is 0. The highest BCUT2D eigenvalue weighted by Crippen LogP contribution is 2.34. The van der Waals surface area contributed by atoms with E-state index < -0.39 is 0 Å². The number of piperazine rings is 1. The Bertz CT molecular complexity index is 778. The van der Waals surface area contributed by atoms with Gasteiger partial charge in [-0.25, -0.2) is 0 Å². The monoisotopic (exact) mass is 367 g/mol. The molecular weight excluding hydrogens is 338 g/mol. The van der Waals surface area contributed by atoms with Crippen molar-refractivity contribution in [1.29, 1.82) is 0 Å². The second kappa shape index (κ2) is 8.91. The molecule has 3 rings (SSSR count). The summed E-state index contributed by atoms with van der Waals surface area (Å²) in [7, 11) is 0. The molecule has 1 fully saturated rings. The van der Waals surface area contributed by atoms with Crippen molar-refractivity contribution in [3.05, 3.63) is 48.0 Å². The number of amides is 1. The molecule has 0 spiro atoms. The minimum absolute atomic E-state index is 0.316. The van der Waals surface area contributed by atoms with Gasteiger partial charge in [0.1, 0.15) is 5.75 Å². The summed E-state index contributed by atoms with van der Waals surface area (Å²) in [5.41, 5.74) is 10.6. The van der Waals surface area contributed by atoms with Gasteiger partial charge in [0.2, 0.25) is 6.41 Å². The van der Waals surface area contributed by atoms with Gasteiger partial charge in [0.25, 0.3) is 0 Å². The molecule has 0 aliphatic carbocycles. The van der Waals surface area contributed by atoms with Crippen LogP contribution in [0.4, 0.5) is 5.69 Å². The number of carbonyl (C=O) groups excluding carboxylic acids is 1. The molecule has 27 heavy (non-hydrogen) atoms. The van der Waals surface area contributed by atoms with Gasteiger partial charge in [-0.2, -0.15) is 0 Å². The smallest absolute Gasteiger partial charge is 0.209 e. The van der Waals surface area contributed by atoms with E-state index in [1.165, 1.54) is 5.69 Å². The Morgan fingerprint density at radius 2 is 2.00 bits per heavy atom. The van der Waals surface area contributed by atoms with Gasteiger partial charge in [-0.05, 0) is 42.7 Å². The first-order chi connectivity index (χ1) is 13.2. The van der Waals surface area contributed by atoms with E-state index in [1.807, 2.05) is 30.0 Å². The lowest BCUT2D eigenvalue weighted by molar-refractivity contribution is -0.118. The number of anilines is 1. The summed E-state index contributed by atoms with van der Waals surface area (Å²) < 4.78 is 5.79. The van der Waals surface area contributed by atoms with Crippen LogP contribution in [-0.4, -0.2) is 43.6 Å². The zero-order valence-corrected chi connectivity index (χ0v) is 16.2. The minimum Gasteiger partial charge on any atom is -0.493 e. The minimum atomic E-state index is 0.316. The molecule has 2 aromatic rings. The maximum Gasteiger partial charge on any atom is 0.209 e. The maximum absolute atomic E-state index is 11.1. The highest BCUT2D eigenvalue weighted by molar-refractivity contribution is 5.74. The van der Waals surface area contributed by atoms with E-state index in [4.69, 9.17) is 10.5 Å². The number of nitrogens with two attached hydrogens (primary N) is 1. The lowest BCUT2D eigenvalue weighted by atomic mass is 9.99. The van der Waals surface area contributed by atoms with Gasteiger partial charge in [-0.15, -0.1) is 0 Å². The van der Waals surface area contributed by atoms with Crippen LogP contribution >= 0.6 is 0 Å². The number of ether oxygens (including phenoxy) is 1. The van der Waals surface area contributed by atoms with Crippen LogP contribution < -0.4 is 15.4 Å². The summed E-state index contributed by atoms with van der Waals surface area (Å²) in [6.07, 6.45) is 1.95. The van der Waals surface area contributed by atoms with Crippen molar-refractivity contribution < 1.29 is 9.53 Å². The van der Waals surface area contributed by atoms with E-state index in [1.54, 1.807) is 0 Å². The average Bonchev–Trinajstić information content (AvgIpc) is 2.73. The fourth-order valence-corrected chi connectivity index (χ4v) is 3.82. The first-order valence-electron chi connectivity index (χ1n) is 9.73. The molecule has 5 nitrogen and oxygen atoms in total. The molecule has 0 aromatic heterocycles. The fourth-order valence-electron chi connectivity index (χ4n) is 3.82. The molecule has 1 atom stereocenters. The van der Waals surface area contributed by atoms with E-state index in [-0.39, 0.29) is 0 Å². The zero-order chi connectivity index (χ0) is 19.2. The molecule has 0 radical (unpaired) electrons. The summed E-state index contributed by atoms with van der Waals surface area (Å²) >= 11 is 0. The summed E-state index contributed by atoms with van der Waals surface area (Å²) in [6, 6.07) is 14.9. The zero-order valence-electron chi connectivity index (χ0n) is 16.2. The summed E-state index contributed by atoms with van der Waals surface area (Å²) in [4.78, 5) is 15.4. The molecule has 1 aliphatic rings. The Labute approximate surface area is 161 Å². The van der Waals surface area contributed by atoms with Gasteiger partial charge in [-0.1, -0.05) is 31.2 Å². The lowest BCUT2D eigenvalue weighted by Gasteiger charge is -2.42. The van der Waals surface area contributed by atoms with Gasteiger partial charge in [0, 0.05) is 43.5 Å². The first kappa shape index (κ1) is 19.2. The van der Waals surface area contributed by atoms with Crippen molar-refractivity contribution in [3.63, 3.8) is 0 Å². The Balaban J connectivity index is 1.95. The van der Waals surface area contributed by atoms with E-state index in [2.05, 4.69) is 36.1 Å². The third kappa shape index (κ3) is 4.08. The van der Waals surface area contributed by atoms with E-state index in [0.29, 0.717) is 19.2 Å². The van der Waals surface area contributed by atoms with Crippen LogP contribution in [0.1, 0.15) is 25.8 Å². The SMILES string of the molecule is CCOc1ccccc1-c1ccc(N2CCN(C=O)CC2CC)c(CN)c1. The summed E-state index contributed by atoms with van der Waals surface area (Å²) in [5.74, 6) is 0.891. The first-order valence-corrected chi connectivity index (χ1v) is 9.73. The number of carbonyl (C=O) groups is 1. The number of hydrogen-bond donors (Lipinski definition) is 1. The number of para-hydroxylation sites is 1. The molecule has 2 N–H and O–H groups in total.